The minimum Gasteiger partial charge on any atom is -0.495 e. The lowest BCUT2D eigenvalue weighted by atomic mass is 9.85. The number of hydrogen-bond acceptors (Lipinski definition) is 20. The van der Waals surface area contributed by atoms with Crippen LogP contribution in [0.2, 0.25) is 0 Å². The number of pyridine rings is 2. The van der Waals surface area contributed by atoms with Gasteiger partial charge in [-0.1, -0.05) is 48.5 Å². The molecule has 1 saturated heterocycles. The van der Waals surface area contributed by atoms with Gasteiger partial charge in [-0.3, -0.25) is 33.8 Å². The molecule has 5 N–H and O–H groups in total. The maximum Gasteiger partial charge on any atom is 0.262 e. The predicted molar refractivity (Wildman–Crippen MR) is 539 cm³/mol. The first-order valence-electron chi connectivity index (χ1n) is 50.3. The first-order chi connectivity index (χ1) is 70.6. The Hall–Kier alpha value is -14.4. The summed E-state index contributed by atoms with van der Waals surface area (Å²) in [6.07, 6.45) is 24.5. The maximum atomic E-state index is 15.7. The molecule has 0 bridgehead atoms. The van der Waals surface area contributed by atoms with E-state index in [0.29, 0.717) is 265 Å². The number of benzene rings is 3. The molecule has 2 unspecified atom stereocenters. The van der Waals surface area contributed by atoms with E-state index in [0.717, 1.165) is 17.5 Å². The minimum atomic E-state index is -2.56. The molecule has 0 spiro atoms. The number of halogens is 9. The number of methoxy groups -OCH3 is 1. The number of alkyl halides is 7. The van der Waals surface area contributed by atoms with Crippen LogP contribution in [0.5, 0.6) is 5.75 Å². The number of amides is 1. The summed E-state index contributed by atoms with van der Waals surface area (Å²) in [5, 5.41) is 23.7. The summed E-state index contributed by atoms with van der Waals surface area (Å²) in [4.78, 5) is 122. The van der Waals surface area contributed by atoms with Crippen LogP contribution in [-0.2, 0) is 41.6 Å². The number of carbonyl (C=O) groups is 1. The zero-order chi connectivity index (χ0) is 104. The first kappa shape index (κ1) is 104. The maximum absolute atomic E-state index is 15.7. The van der Waals surface area contributed by atoms with Crippen molar-refractivity contribution in [2.75, 3.05) is 27.8 Å². The summed E-state index contributed by atoms with van der Waals surface area (Å²) < 4.78 is 149. The van der Waals surface area contributed by atoms with Gasteiger partial charge in [0.05, 0.1) is 97.9 Å². The van der Waals surface area contributed by atoms with Crippen molar-refractivity contribution >= 4 is 61.1 Å². The number of carbonyl (C=O) groups excluding carboxylic acids is 1. The van der Waals surface area contributed by atoms with Gasteiger partial charge in [-0.05, 0) is 246 Å². The van der Waals surface area contributed by atoms with E-state index in [-0.39, 0.29) is 95.5 Å². The second kappa shape index (κ2) is 42.8. The quantitative estimate of drug-likeness (QED) is 0.0349. The van der Waals surface area contributed by atoms with E-state index in [2.05, 4.69) is 94.2 Å². The highest BCUT2D eigenvalue weighted by Gasteiger charge is 2.41. The highest BCUT2D eigenvalue weighted by Crippen LogP contribution is 2.45. The number of likely N-dealkylation sites (N-methyl/N-ethyl adjacent to an activating group) is 1. The largest absolute Gasteiger partial charge is 0.495 e. The highest BCUT2D eigenvalue weighted by molar-refractivity contribution is 5.80. The van der Waals surface area contributed by atoms with Gasteiger partial charge in [0.15, 0.2) is 34.6 Å². The predicted octanol–water partition coefficient (Wildman–Crippen LogP) is 19.1. The summed E-state index contributed by atoms with van der Waals surface area (Å²) in [6.45, 7) is 11.3. The molecule has 1 amide bonds. The van der Waals surface area contributed by atoms with Crippen molar-refractivity contribution in [1.82, 2.24) is 118 Å². The lowest BCUT2D eigenvalue weighted by Crippen LogP contribution is -2.28. The highest BCUT2D eigenvalue weighted by atomic mass is 19.3. The van der Waals surface area contributed by atoms with Crippen molar-refractivity contribution in [3.63, 3.8) is 0 Å². The second-order valence-corrected chi connectivity index (χ2v) is 41.7. The third kappa shape index (κ3) is 23.9. The number of nitrogens with one attached hydrogen (secondary N) is 5. The van der Waals surface area contributed by atoms with E-state index >= 15 is 4.39 Å². The third-order valence-electron chi connectivity index (χ3n) is 29.5. The molecule has 5 saturated carbocycles. The normalized spacial score (nSPS) is 22.6. The summed E-state index contributed by atoms with van der Waals surface area (Å²) in [5.41, 5.74) is 1.38. The molecule has 32 nitrogen and oxygen atoms in total. The number of aromatic nitrogens is 23. The molecule has 13 aromatic heterocycles. The van der Waals surface area contributed by atoms with Gasteiger partial charge >= 0.3 is 0 Å². The average molecular weight is 2040 g/mol. The third-order valence-corrected chi connectivity index (χ3v) is 29.5. The number of hydrogen-bond donors (Lipinski definition) is 5. The molecule has 16 aromatic rings. The number of rotatable bonds is 20. The zero-order valence-electron chi connectivity index (χ0n) is 83.8. The van der Waals surface area contributed by atoms with Crippen LogP contribution in [0.15, 0.2) is 183 Å². The van der Waals surface area contributed by atoms with Crippen LogP contribution in [0.1, 0.15) is 270 Å². The SMILES string of the molecule is CC1(C)CC(Cc2nc3c(ccn3C3CCC(F)(F)CC3)c(=O)[nH]2)CO1.CC1(F)CCC(n2ncc3c(=O)[nH]c(C(F)c4ccccc4-n4cccn4)nc32)CC1.CC1(F)CCC(n2ncc3c(=O)[nH]c(Cc4cc(F)ccc4-c4ccnc(F)c4)nc32)CC1.CN(C)C(=O)Cc1ccccc1Cc1nc2c(cnn2C2CCC(C)(F)CC2)c(=O)[nH]1.COc1cccnc1Cc1nc2c(cnn2C2CCC(C)(F)CC2)c(=O)[nH]1. The van der Waals surface area contributed by atoms with Gasteiger partial charge in [-0.15, -0.1) is 0 Å². The van der Waals surface area contributed by atoms with Gasteiger partial charge in [0.1, 0.15) is 84.7 Å². The molecule has 778 valence electrons. The molecule has 3 aromatic carbocycles. The summed E-state index contributed by atoms with van der Waals surface area (Å²) in [5.74, 6) is -0.769. The fourth-order valence-electron chi connectivity index (χ4n) is 21.0. The Kier molecular flexibility index (Phi) is 30.0. The van der Waals surface area contributed by atoms with Crippen LogP contribution in [0.3, 0.4) is 0 Å². The molecule has 22 rings (SSSR count). The minimum absolute atomic E-state index is 0.0135. The van der Waals surface area contributed by atoms with Gasteiger partial charge in [-0.2, -0.15) is 29.9 Å². The first-order valence-corrected chi connectivity index (χ1v) is 50.3. The molecule has 6 aliphatic rings. The fourth-order valence-corrected chi connectivity index (χ4v) is 21.0. The Morgan fingerprint density at radius 1 is 0.466 bits per heavy atom. The van der Waals surface area contributed by atoms with Crippen LogP contribution < -0.4 is 32.5 Å². The fraction of sp³-hybridized carbons (Fsp3) is 0.458. The van der Waals surface area contributed by atoms with Crippen molar-refractivity contribution in [3.05, 3.63) is 280 Å². The van der Waals surface area contributed by atoms with Crippen molar-refractivity contribution in [1.29, 1.82) is 0 Å². The molecule has 41 heteroatoms. The van der Waals surface area contributed by atoms with Crippen molar-refractivity contribution in [2.45, 2.75) is 279 Å². The van der Waals surface area contributed by atoms with Gasteiger partial charge in [0.2, 0.25) is 17.8 Å². The molecular weight excluding hydrogens is 1920 g/mol. The van der Waals surface area contributed by atoms with Crippen LogP contribution in [-0.4, -0.2) is 186 Å². The van der Waals surface area contributed by atoms with E-state index in [1.807, 2.05) is 41.1 Å². The number of nitrogens with zero attached hydrogens (tertiary/aromatic N) is 19. The Morgan fingerprint density at radius 3 is 1.43 bits per heavy atom. The number of ether oxygens (including phenoxy) is 2. The summed E-state index contributed by atoms with van der Waals surface area (Å²) >= 11 is 0. The Morgan fingerprint density at radius 2 is 0.932 bits per heavy atom. The van der Waals surface area contributed by atoms with Crippen LogP contribution in [0, 0.1) is 17.7 Å². The Balaban J connectivity index is 0.000000121. The molecule has 14 heterocycles. The topological polar surface area (TPSA) is 387 Å². The average Bonchev–Trinajstić information content (AvgIpc) is 1.62. The molecule has 148 heavy (non-hydrogen) atoms. The van der Waals surface area contributed by atoms with Crippen LogP contribution in [0.4, 0.5) is 39.5 Å². The van der Waals surface area contributed by atoms with E-state index in [1.54, 1.807) is 150 Å². The monoisotopic (exact) mass is 2040 g/mol. The van der Waals surface area contributed by atoms with Crippen LogP contribution in [0.25, 0.3) is 72.0 Å². The standard InChI is InChI=1S/C24H22F3N5O.C23H28FN5O2.C22H22F2N6O.C19H25F2N3O2.C19H22FN5O2/c1-24(27)7-4-17(5-8-24)32-22-19(13-29-32)23(33)31-21(30-22)12-15-10-16(25)2-3-18(15)14-6-9-28-20(26)11-14;1-23(24)10-8-17(9-11-23)29-21-18(14-25-29)22(31)27-19(26-21)12-15-6-4-5-7-16(15)13-20(30)28(2)3;1-22(24)9-7-14(8-10-22)30-20-16(13-26-30)21(31)28-19(27-20)18(23)15-5-2-3-6-17(15)29-12-4-11-25-29;1-18(2)10-12(11-26-18)9-15-22-16-14(17(25)23-15)5-8-24(16)13-3-6-19(20,21)7-4-13;1-19(20)7-5-12(6-8-19)25-17-13(11-22-25)18(26)24-16(23-17)10-14-15(27-2)4-3-9-21-14/h2-3,6,9-11,13,17H,4-5,7-8,12H2,1H3,(H,30,31,33);4-7,14,17H,8-13H2,1-3H3,(H,26,27,31);2-6,11-14,18H,7-10H2,1H3,(H,27,28,31);5,8,12-13H,3-4,6-7,9-11H2,1-2H3,(H,22,23,25);3-4,9,11-12H,5-8,10H2,1-2H3,(H,23,24,26). The van der Waals surface area contributed by atoms with Gasteiger partial charge in [-0.25, -0.2) is 88.4 Å². The second-order valence-electron chi connectivity index (χ2n) is 41.7. The van der Waals surface area contributed by atoms with E-state index in [1.165, 1.54) is 49.2 Å². The zero-order valence-corrected chi connectivity index (χ0v) is 83.8. The lowest BCUT2D eigenvalue weighted by Gasteiger charge is -2.31. The van der Waals surface area contributed by atoms with Gasteiger partial charge < -0.3 is 43.9 Å². The van der Waals surface area contributed by atoms with E-state index < -0.39 is 52.1 Å². The van der Waals surface area contributed by atoms with E-state index in [4.69, 9.17) is 14.5 Å². The van der Waals surface area contributed by atoms with Gasteiger partial charge in [0, 0.05) is 94.9 Å². The number of fused-ring (bicyclic) bond motifs is 5. The van der Waals surface area contributed by atoms with Crippen molar-refractivity contribution in [2.24, 2.45) is 5.92 Å². The lowest BCUT2D eigenvalue weighted by molar-refractivity contribution is -0.128. The smallest absolute Gasteiger partial charge is 0.262 e. The molecular formula is C107H119F9N24O8. The van der Waals surface area contributed by atoms with Crippen molar-refractivity contribution in [3.8, 4) is 22.6 Å². The Bertz CT molecular complexity index is 7780. The van der Waals surface area contributed by atoms with Crippen molar-refractivity contribution < 1.29 is 53.8 Å². The summed E-state index contributed by atoms with van der Waals surface area (Å²) in [6, 6.07) is 28.8. The molecule has 6 fully saturated rings. The molecule has 5 aliphatic carbocycles. The van der Waals surface area contributed by atoms with Crippen LogP contribution >= 0.6 is 0 Å². The number of H-pyrrole nitrogens is 5. The van der Waals surface area contributed by atoms with Gasteiger partial charge in [0.25, 0.3) is 27.8 Å². The Labute approximate surface area is 843 Å². The molecule has 2 atom stereocenters. The number of aromatic amines is 5. The number of para-hydroxylation sites is 1. The summed E-state index contributed by atoms with van der Waals surface area (Å²) in [7, 11) is 5.04. The van der Waals surface area contributed by atoms with E-state index in [9.17, 15) is 63.9 Å². The molecule has 1 aliphatic heterocycles. The molecule has 0 radical (unpaired) electrons.